The van der Waals surface area contributed by atoms with Crippen LogP contribution in [0.5, 0.6) is 0 Å². The average molecular weight is 239 g/mol. The predicted octanol–water partition coefficient (Wildman–Crippen LogP) is 3.85. The van der Waals surface area contributed by atoms with E-state index in [2.05, 4.69) is 25.7 Å². The SMILES string of the molecule is CCCCC(CCC)C(=O)N1CCCC(C)C1. The number of carbonyl (C=O) groups excluding carboxylic acids is 1. The summed E-state index contributed by atoms with van der Waals surface area (Å²) in [6.45, 7) is 8.64. The standard InChI is InChI=1S/C15H29NO/c1-4-6-10-14(8-5-2)15(17)16-11-7-9-13(3)12-16/h13-14H,4-12H2,1-3H3. The first-order valence-electron chi connectivity index (χ1n) is 7.47. The summed E-state index contributed by atoms with van der Waals surface area (Å²) in [7, 11) is 0. The maximum atomic E-state index is 12.5. The molecule has 0 aromatic rings. The van der Waals surface area contributed by atoms with E-state index in [0.29, 0.717) is 17.7 Å². The molecule has 1 aliphatic rings. The van der Waals surface area contributed by atoms with Gasteiger partial charge in [-0.05, 0) is 31.6 Å². The zero-order valence-corrected chi connectivity index (χ0v) is 11.9. The van der Waals surface area contributed by atoms with Gasteiger partial charge < -0.3 is 4.90 Å². The van der Waals surface area contributed by atoms with Crippen molar-refractivity contribution in [2.24, 2.45) is 11.8 Å². The van der Waals surface area contributed by atoms with E-state index < -0.39 is 0 Å². The van der Waals surface area contributed by atoms with Crippen molar-refractivity contribution in [3.05, 3.63) is 0 Å². The van der Waals surface area contributed by atoms with Crippen LogP contribution in [0.2, 0.25) is 0 Å². The number of piperidine rings is 1. The van der Waals surface area contributed by atoms with Crippen LogP contribution in [0.15, 0.2) is 0 Å². The van der Waals surface area contributed by atoms with Crippen LogP contribution in [0.4, 0.5) is 0 Å². The summed E-state index contributed by atoms with van der Waals surface area (Å²) in [6, 6.07) is 0. The Labute approximate surface area is 107 Å². The molecule has 1 aliphatic heterocycles. The molecule has 2 unspecified atom stereocenters. The molecule has 0 aromatic carbocycles. The zero-order chi connectivity index (χ0) is 12.7. The van der Waals surface area contributed by atoms with Crippen LogP contribution in [0.25, 0.3) is 0 Å². The normalized spacial score (nSPS) is 22.5. The minimum atomic E-state index is 0.297. The quantitative estimate of drug-likeness (QED) is 0.689. The summed E-state index contributed by atoms with van der Waals surface area (Å²) in [6.07, 6.45) is 8.17. The van der Waals surface area contributed by atoms with Gasteiger partial charge in [-0.3, -0.25) is 4.79 Å². The number of nitrogens with zero attached hydrogens (tertiary/aromatic N) is 1. The molecule has 1 fully saturated rings. The summed E-state index contributed by atoms with van der Waals surface area (Å²) in [5.41, 5.74) is 0. The molecule has 2 heteroatoms. The number of carbonyl (C=O) groups is 1. The van der Waals surface area contributed by atoms with Crippen molar-refractivity contribution in [1.29, 1.82) is 0 Å². The summed E-state index contributed by atoms with van der Waals surface area (Å²) in [5, 5.41) is 0. The number of hydrogen-bond acceptors (Lipinski definition) is 1. The number of hydrogen-bond donors (Lipinski definition) is 0. The molecule has 1 rings (SSSR count). The van der Waals surface area contributed by atoms with Crippen molar-refractivity contribution in [1.82, 2.24) is 4.90 Å². The molecule has 1 saturated heterocycles. The molecule has 0 radical (unpaired) electrons. The molecule has 0 saturated carbocycles. The smallest absolute Gasteiger partial charge is 0.225 e. The van der Waals surface area contributed by atoms with E-state index in [1.807, 2.05) is 0 Å². The fraction of sp³-hybridized carbons (Fsp3) is 0.933. The van der Waals surface area contributed by atoms with Gasteiger partial charge in [-0.1, -0.05) is 40.0 Å². The lowest BCUT2D eigenvalue weighted by atomic mass is 9.93. The third kappa shape index (κ3) is 4.69. The van der Waals surface area contributed by atoms with Crippen LogP contribution < -0.4 is 0 Å². The summed E-state index contributed by atoms with van der Waals surface area (Å²) >= 11 is 0. The van der Waals surface area contributed by atoms with Crippen LogP contribution in [-0.2, 0) is 4.79 Å². The fourth-order valence-corrected chi connectivity index (χ4v) is 2.84. The Kier molecular flexibility index (Phi) is 6.61. The molecule has 2 atom stereocenters. The zero-order valence-electron chi connectivity index (χ0n) is 11.9. The largest absolute Gasteiger partial charge is 0.342 e. The summed E-state index contributed by atoms with van der Waals surface area (Å²) in [5.74, 6) is 1.43. The maximum Gasteiger partial charge on any atom is 0.225 e. The molecule has 100 valence electrons. The second-order valence-corrected chi connectivity index (χ2v) is 5.66. The molecule has 2 nitrogen and oxygen atoms in total. The first kappa shape index (κ1) is 14.5. The number of unbranched alkanes of at least 4 members (excludes halogenated alkanes) is 1. The topological polar surface area (TPSA) is 20.3 Å². The fourth-order valence-electron chi connectivity index (χ4n) is 2.84. The lowest BCUT2D eigenvalue weighted by Gasteiger charge is -2.33. The Morgan fingerprint density at radius 3 is 2.65 bits per heavy atom. The van der Waals surface area contributed by atoms with Gasteiger partial charge in [0.05, 0.1) is 0 Å². The van der Waals surface area contributed by atoms with E-state index in [-0.39, 0.29) is 0 Å². The molecule has 17 heavy (non-hydrogen) atoms. The molecule has 1 heterocycles. The Morgan fingerprint density at radius 1 is 1.29 bits per heavy atom. The van der Waals surface area contributed by atoms with Crippen LogP contribution in [0.3, 0.4) is 0 Å². The second-order valence-electron chi connectivity index (χ2n) is 5.66. The first-order chi connectivity index (χ1) is 8.19. The highest BCUT2D eigenvalue weighted by Crippen LogP contribution is 2.22. The lowest BCUT2D eigenvalue weighted by molar-refractivity contribution is -0.137. The van der Waals surface area contributed by atoms with Gasteiger partial charge in [0.15, 0.2) is 0 Å². The molecule has 0 bridgehead atoms. The van der Waals surface area contributed by atoms with E-state index in [9.17, 15) is 4.79 Å². The lowest BCUT2D eigenvalue weighted by Crippen LogP contribution is -2.42. The van der Waals surface area contributed by atoms with E-state index in [0.717, 1.165) is 32.4 Å². The van der Waals surface area contributed by atoms with Gasteiger partial charge in [-0.15, -0.1) is 0 Å². The van der Waals surface area contributed by atoms with Crippen LogP contribution in [-0.4, -0.2) is 23.9 Å². The molecular weight excluding hydrogens is 210 g/mol. The summed E-state index contributed by atoms with van der Waals surface area (Å²) < 4.78 is 0. The van der Waals surface area contributed by atoms with Gasteiger partial charge >= 0.3 is 0 Å². The highest BCUT2D eigenvalue weighted by Gasteiger charge is 2.26. The average Bonchev–Trinajstić information content (AvgIpc) is 2.33. The van der Waals surface area contributed by atoms with Gasteiger partial charge in [0.25, 0.3) is 0 Å². The highest BCUT2D eigenvalue weighted by atomic mass is 16.2. The van der Waals surface area contributed by atoms with Gasteiger partial charge in [0.1, 0.15) is 0 Å². The van der Waals surface area contributed by atoms with Gasteiger partial charge in [-0.25, -0.2) is 0 Å². The Morgan fingerprint density at radius 2 is 2.06 bits per heavy atom. The number of amides is 1. The monoisotopic (exact) mass is 239 g/mol. The van der Waals surface area contributed by atoms with Crippen molar-refractivity contribution < 1.29 is 4.79 Å². The molecular formula is C15H29NO. The Bertz CT molecular complexity index is 227. The summed E-state index contributed by atoms with van der Waals surface area (Å²) in [4.78, 5) is 14.6. The minimum absolute atomic E-state index is 0.297. The Balaban J connectivity index is 2.50. The van der Waals surface area contributed by atoms with E-state index in [1.54, 1.807) is 0 Å². The van der Waals surface area contributed by atoms with Crippen molar-refractivity contribution in [2.75, 3.05) is 13.1 Å². The Hall–Kier alpha value is -0.530. The first-order valence-corrected chi connectivity index (χ1v) is 7.47. The highest BCUT2D eigenvalue weighted by molar-refractivity contribution is 5.78. The molecule has 0 aromatic heterocycles. The predicted molar refractivity (Wildman–Crippen MR) is 72.9 cm³/mol. The van der Waals surface area contributed by atoms with E-state index in [4.69, 9.17) is 0 Å². The van der Waals surface area contributed by atoms with Crippen LogP contribution >= 0.6 is 0 Å². The molecule has 0 N–H and O–H groups in total. The molecule has 0 spiro atoms. The van der Waals surface area contributed by atoms with Crippen LogP contribution in [0.1, 0.15) is 65.7 Å². The molecule has 1 amide bonds. The van der Waals surface area contributed by atoms with Gasteiger partial charge in [-0.2, -0.15) is 0 Å². The van der Waals surface area contributed by atoms with Crippen molar-refractivity contribution in [2.45, 2.75) is 65.7 Å². The van der Waals surface area contributed by atoms with E-state index >= 15 is 0 Å². The number of rotatable bonds is 6. The second kappa shape index (κ2) is 7.73. The number of likely N-dealkylation sites (tertiary alicyclic amines) is 1. The maximum absolute atomic E-state index is 12.5. The van der Waals surface area contributed by atoms with Crippen molar-refractivity contribution in [3.63, 3.8) is 0 Å². The van der Waals surface area contributed by atoms with Crippen molar-refractivity contribution in [3.8, 4) is 0 Å². The van der Waals surface area contributed by atoms with E-state index in [1.165, 1.54) is 25.7 Å². The third-order valence-electron chi connectivity index (χ3n) is 3.86. The molecule has 0 aliphatic carbocycles. The third-order valence-corrected chi connectivity index (χ3v) is 3.86. The van der Waals surface area contributed by atoms with Crippen molar-refractivity contribution >= 4 is 5.91 Å². The van der Waals surface area contributed by atoms with Crippen LogP contribution in [0, 0.1) is 11.8 Å². The minimum Gasteiger partial charge on any atom is -0.342 e. The van der Waals surface area contributed by atoms with Gasteiger partial charge in [0.2, 0.25) is 5.91 Å². The van der Waals surface area contributed by atoms with Gasteiger partial charge in [0, 0.05) is 19.0 Å².